The first-order valence-corrected chi connectivity index (χ1v) is 3.89. The molecule has 1 aromatic carbocycles. The lowest BCUT2D eigenvalue weighted by atomic mass is 10.1. The van der Waals surface area contributed by atoms with Crippen LogP contribution in [0.15, 0.2) is 18.2 Å². The molecule has 1 unspecified atom stereocenters. The van der Waals surface area contributed by atoms with Crippen molar-refractivity contribution in [3.63, 3.8) is 0 Å². The molecule has 4 nitrogen and oxygen atoms in total. The second-order valence-corrected chi connectivity index (χ2v) is 2.84. The number of carbonyl (C=O) groups is 1. The van der Waals surface area contributed by atoms with Crippen molar-refractivity contribution in [1.29, 1.82) is 0 Å². The number of rotatable bonds is 3. The lowest BCUT2D eigenvalue weighted by Gasteiger charge is -2.05. The van der Waals surface area contributed by atoms with Gasteiger partial charge >= 0.3 is 5.97 Å². The van der Waals surface area contributed by atoms with Gasteiger partial charge in [0, 0.05) is 6.42 Å². The van der Waals surface area contributed by atoms with Crippen LogP contribution in [-0.2, 0) is 11.2 Å². The maximum atomic E-state index is 12.8. The number of carboxylic acid groups (broad SMARTS) is 1. The molecule has 0 saturated carbocycles. The summed E-state index contributed by atoms with van der Waals surface area (Å²) in [6.45, 7) is 0. The van der Waals surface area contributed by atoms with E-state index >= 15 is 0 Å². The summed E-state index contributed by atoms with van der Waals surface area (Å²) in [4.78, 5) is 10.3. The lowest BCUT2D eigenvalue weighted by molar-refractivity contribution is -0.146. The summed E-state index contributed by atoms with van der Waals surface area (Å²) in [6.07, 6.45) is -1.74. The summed E-state index contributed by atoms with van der Waals surface area (Å²) < 4.78 is 12.8. The Bertz CT molecular complexity index is 351. The minimum atomic E-state index is -1.56. The van der Waals surface area contributed by atoms with Gasteiger partial charge in [0.15, 0.2) is 17.7 Å². The molecule has 1 atom stereocenters. The molecule has 0 heterocycles. The second-order valence-electron chi connectivity index (χ2n) is 2.84. The van der Waals surface area contributed by atoms with Crippen LogP contribution < -0.4 is 0 Å². The predicted octanol–water partition coefficient (Wildman–Crippen LogP) is 0.519. The highest BCUT2D eigenvalue weighted by atomic mass is 19.1. The van der Waals surface area contributed by atoms with Gasteiger partial charge in [0.1, 0.15) is 0 Å². The summed E-state index contributed by atoms with van der Waals surface area (Å²) in [6, 6.07) is 3.45. The Labute approximate surface area is 79.2 Å². The molecule has 5 heteroatoms. The van der Waals surface area contributed by atoms with Crippen molar-refractivity contribution >= 4 is 5.97 Å². The molecule has 0 aromatic heterocycles. The first-order chi connectivity index (χ1) is 6.50. The van der Waals surface area contributed by atoms with Crippen LogP contribution in [0.3, 0.4) is 0 Å². The zero-order valence-corrected chi connectivity index (χ0v) is 7.14. The fraction of sp³-hybridized carbons (Fsp3) is 0.222. The summed E-state index contributed by atoms with van der Waals surface area (Å²) in [7, 11) is 0. The highest BCUT2D eigenvalue weighted by Gasteiger charge is 2.14. The van der Waals surface area contributed by atoms with Crippen LogP contribution >= 0.6 is 0 Å². The van der Waals surface area contributed by atoms with E-state index in [1.807, 2.05) is 0 Å². The molecule has 14 heavy (non-hydrogen) atoms. The number of benzene rings is 1. The van der Waals surface area contributed by atoms with Crippen molar-refractivity contribution in [2.75, 3.05) is 0 Å². The molecular formula is C9H9FO4. The van der Waals surface area contributed by atoms with Crippen LogP contribution in [-0.4, -0.2) is 27.4 Å². The third-order valence-electron chi connectivity index (χ3n) is 1.73. The van der Waals surface area contributed by atoms with Gasteiger partial charge in [-0.25, -0.2) is 9.18 Å². The summed E-state index contributed by atoms with van der Waals surface area (Å²) in [5.74, 6) is -2.70. The predicted molar refractivity (Wildman–Crippen MR) is 45.4 cm³/mol. The van der Waals surface area contributed by atoms with E-state index < -0.39 is 23.6 Å². The fourth-order valence-corrected chi connectivity index (χ4v) is 0.988. The van der Waals surface area contributed by atoms with E-state index in [0.717, 1.165) is 12.1 Å². The van der Waals surface area contributed by atoms with E-state index in [2.05, 4.69) is 0 Å². The van der Waals surface area contributed by atoms with Crippen molar-refractivity contribution in [2.45, 2.75) is 12.5 Å². The SMILES string of the molecule is O=C(O)C(O)Cc1ccc(O)c(F)c1. The van der Waals surface area contributed by atoms with Crippen LogP contribution in [0.5, 0.6) is 5.75 Å². The Morgan fingerprint density at radius 3 is 2.64 bits per heavy atom. The van der Waals surface area contributed by atoms with E-state index in [1.165, 1.54) is 6.07 Å². The van der Waals surface area contributed by atoms with E-state index in [-0.39, 0.29) is 6.42 Å². The molecule has 0 radical (unpaired) electrons. The van der Waals surface area contributed by atoms with Crippen LogP contribution in [0.25, 0.3) is 0 Å². The minimum absolute atomic E-state index is 0.188. The van der Waals surface area contributed by atoms with Crippen molar-refractivity contribution in [2.24, 2.45) is 0 Å². The Morgan fingerprint density at radius 1 is 1.50 bits per heavy atom. The van der Waals surface area contributed by atoms with Gasteiger partial charge in [0.05, 0.1) is 0 Å². The second kappa shape index (κ2) is 4.06. The molecule has 0 fully saturated rings. The van der Waals surface area contributed by atoms with E-state index in [0.29, 0.717) is 5.56 Å². The molecule has 0 saturated heterocycles. The van der Waals surface area contributed by atoms with Gasteiger partial charge in [-0.05, 0) is 17.7 Å². The van der Waals surface area contributed by atoms with Crippen molar-refractivity contribution < 1.29 is 24.5 Å². The van der Waals surface area contributed by atoms with Gasteiger partial charge in [0.2, 0.25) is 0 Å². The van der Waals surface area contributed by atoms with Crippen molar-refractivity contribution in [3.05, 3.63) is 29.6 Å². The maximum Gasteiger partial charge on any atom is 0.332 e. The number of hydrogen-bond donors (Lipinski definition) is 3. The molecular weight excluding hydrogens is 191 g/mol. The molecule has 0 aliphatic heterocycles. The van der Waals surface area contributed by atoms with Gasteiger partial charge in [-0.3, -0.25) is 0 Å². The highest BCUT2D eigenvalue weighted by molar-refractivity contribution is 5.72. The molecule has 0 amide bonds. The zero-order valence-electron chi connectivity index (χ0n) is 7.14. The Kier molecular flexibility index (Phi) is 3.03. The first-order valence-electron chi connectivity index (χ1n) is 3.89. The summed E-state index contributed by atoms with van der Waals surface area (Å²) in [5.41, 5.74) is 0.315. The number of aliphatic hydroxyl groups excluding tert-OH is 1. The number of aliphatic hydroxyl groups is 1. The van der Waals surface area contributed by atoms with E-state index in [9.17, 15) is 9.18 Å². The Balaban J connectivity index is 2.78. The van der Waals surface area contributed by atoms with Crippen molar-refractivity contribution in [1.82, 2.24) is 0 Å². The molecule has 76 valence electrons. The molecule has 3 N–H and O–H groups in total. The van der Waals surface area contributed by atoms with Gasteiger partial charge in [-0.1, -0.05) is 6.07 Å². The summed E-state index contributed by atoms with van der Waals surface area (Å²) >= 11 is 0. The number of hydrogen-bond acceptors (Lipinski definition) is 3. The molecule has 0 aliphatic carbocycles. The Morgan fingerprint density at radius 2 is 2.14 bits per heavy atom. The zero-order chi connectivity index (χ0) is 10.7. The number of phenolic OH excluding ortho intramolecular Hbond substituents is 1. The molecule has 1 rings (SSSR count). The van der Waals surface area contributed by atoms with Crippen molar-refractivity contribution in [3.8, 4) is 5.75 Å². The third-order valence-corrected chi connectivity index (χ3v) is 1.73. The molecule has 0 aliphatic rings. The number of aliphatic carboxylic acids is 1. The van der Waals surface area contributed by atoms with Crippen LogP contribution in [0, 0.1) is 5.82 Å². The average molecular weight is 200 g/mol. The number of halogens is 1. The molecule has 0 bridgehead atoms. The third kappa shape index (κ3) is 2.43. The van der Waals surface area contributed by atoms with Gasteiger partial charge in [0.25, 0.3) is 0 Å². The number of phenols is 1. The Hall–Kier alpha value is -1.62. The lowest BCUT2D eigenvalue weighted by Crippen LogP contribution is -2.21. The smallest absolute Gasteiger partial charge is 0.332 e. The highest BCUT2D eigenvalue weighted by Crippen LogP contribution is 2.17. The average Bonchev–Trinajstić information content (AvgIpc) is 2.11. The standard InChI is InChI=1S/C9H9FO4/c10-6-3-5(1-2-7(6)11)4-8(12)9(13)14/h1-3,8,11-12H,4H2,(H,13,14). The maximum absolute atomic E-state index is 12.8. The van der Waals surface area contributed by atoms with E-state index in [4.69, 9.17) is 15.3 Å². The number of carboxylic acids is 1. The molecule has 0 spiro atoms. The van der Waals surface area contributed by atoms with Gasteiger partial charge in [-0.15, -0.1) is 0 Å². The monoisotopic (exact) mass is 200 g/mol. The topological polar surface area (TPSA) is 77.8 Å². The van der Waals surface area contributed by atoms with Gasteiger partial charge in [-0.2, -0.15) is 0 Å². The van der Waals surface area contributed by atoms with Crippen LogP contribution in [0.1, 0.15) is 5.56 Å². The first kappa shape index (κ1) is 10.5. The van der Waals surface area contributed by atoms with Crippen LogP contribution in [0.2, 0.25) is 0 Å². The fourth-order valence-electron chi connectivity index (χ4n) is 0.988. The van der Waals surface area contributed by atoms with E-state index in [1.54, 1.807) is 0 Å². The normalized spacial score (nSPS) is 12.4. The van der Waals surface area contributed by atoms with Gasteiger partial charge < -0.3 is 15.3 Å². The quantitative estimate of drug-likeness (QED) is 0.664. The summed E-state index contributed by atoms with van der Waals surface area (Å²) in [5, 5.41) is 26.2. The number of aromatic hydroxyl groups is 1. The minimum Gasteiger partial charge on any atom is -0.505 e. The largest absolute Gasteiger partial charge is 0.505 e. The van der Waals surface area contributed by atoms with Crippen LogP contribution in [0.4, 0.5) is 4.39 Å². The molecule has 1 aromatic rings.